The average molecular weight is 543 g/mol. The van der Waals surface area contributed by atoms with Crippen LogP contribution in [0.4, 0.5) is 8.78 Å². The van der Waals surface area contributed by atoms with Crippen molar-refractivity contribution >= 4 is 25.6 Å². The van der Waals surface area contributed by atoms with Crippen molar-refractivity contribution < 1.29 is 35.1 Å². The number of nitriles is 1. The first-order chi connectivity index (χ1) is 16.7. The number of benzene rings is 1. The Labute approximate surface area is 207 Å². The fourth-order valence-corrected chi connectivity index (χ4v) is 5.40. The van der Waals surface area contributed by atoms with Crippen LogP contribution in [-0.2, 0) is 30.2 Å². The van der Waals surface area contributed by atoms with Gasteiger partial charge in [-0.25, -0.2) is 16.8 Å². The molecule has 1 aliphatic carbocycles. The Bertz CT molecular complexity index is 1340. The molecule has 0 aliphatic heterocycles. The number of hydrogen-bond acceptors (Lipinski definition) is 9. The van der Waals surface area contributed by atoms with Crippen LogP contribution < -0.4 is 15.4 Å². The number of pyridine rings is 1. The molecule has 0 bridgehead atoms. The lowest BCUT2D eigenvalue weighted by atomic mass is 10.2. The van der Waals surface area contributed by atoms with Crippen LogP contribution in [0.15, 0.2) is 53.7 Å². The van der Waals surface area contributed by atoms with E-state index < -0.39 is 61.3 Å². The molecule has 10 nitrogen and oxygen atoms in total. The van der Waals surface area contributed by atoms with E-state index in [0.29, 0.717) is 18.4 Å². The largest absolute Gasteiger partial charge is 0.432 e. The summed E-state index contributed by atoms with van der Waals surface area (Å²) < 4.78 is 82.1. The minimum atomic E-state index is -3.95. The second-order valence-electron chi connectivity index (χ2n) is 8.52. The van der Waals surface area contributed by atoms with Crippen molar-refractivity contribution in [3.05, 3.63) is 54.4 Å². The lowest BCUT2D eigenvalue weighted by Crippen LogP contribution is -2.54. The normalized spacial score (nSPS) is 15.9. The van der Waals surface area contributed by atoms with Crippen LogP contribution in [0.2, 0.25) is 0 Å². The molecule has 1 aliphatic rings. The zero-order chi connectivity index (χ0) is 26.6. The van der Waals surface area contributed by atoms with E-state index in [0.717, 1.165) is 30.5 Å². The zero-order valence-corrected chi connectivity index (χ0v) is 20.8. The van der Waals surface area contributed by atoms with Gasteiger partial charge in [-0.05, 0) is 48.7 Å². The fraction of sp³-hybridized carbons (Fsp3) is 0.409. The third-order valence-corrected chi connectivity index (χ3v) is 7.99. The Balaban J connectivity index is 1.70. The summed E-state index contributed by atoms with van der Waals surface area (Å²) in [6.45, 7) is -1.24. The van der Waals surface area contributed by atoms with E-state index in [4.69, 9.17) is 0 Å². The summed E-state index contributed by atoms with van der Waals surface area (Å²) in [6.07, 6.45) is 0.617. The number of carbonyl (C=O) groups excluding carboxylic acids is 1. The molecule has 0 spiro atoms. The number of aromatic nitrogens is 1. The van der Waals surface area contributed by atoms with Crippen LogP contribution in [0.5, 0.6) is 5.75 Å². The molecule has 1 amide bonds. The molecule has 0 saturated heterocycles. The van der Waals surface area contributed by atoms with Crippen LogP contribution in [0.1, 0.15) is 18.4 Å². The van der Waals surface area contributed by atoms with Crippen molar-refractivity contribution in [2.45, 2.75) is 41.2 Å². The highest BCUT2D eigenvalue weighted by Gasteiger charge is 2.46. The predicted octanol–water partition coefficient (Wildman–Crippen LogP) is 1.20. The number of nitrogens with one attached hydrogen (secondary N) is 2. The summed E-state index contributed by atoms with van der Waals surface area (Å²) in [4.78, 5) is 16.5. The van der Waals surface area contributed by atoms with Crippen molar-refractivity contribution in [3.8, 4) is 11.8 Å². The van der Waals surface area contributed by atoms with E-state index in [2.05, 4.69) is 20.4 Å². The number of ether oxygens (including phenoxy) is 1. The van der Waals surface area contributed by atoms with Crippen LogP contribution in [0, 0.1) is 11.3 Å². The van der Waals surface area contributed by atoms with Gasteiger partial charge in [0.1, 0.15) is 23.9 Å². The average Bonchev–Trinajstić information content (AvgIpc) is 3.56. The molecule has 1 fully saturated rings. The standard InChI is InChI=1S/C22H24F2N4O6S2/c1-35(30,31)18-6-4-17(5-7-18)34-22(23,24)15-27-19(20(29)28-21(14-25)8-9-21)13-36(32,33)12-16-3-2-10-26-11-16/h2-7,10-11,19,27H,8-9,12-13,15H2,1H3,(H,28,29). The van der Waals surface area contributed by atoms with Crippen molar-refractivity contribution in [2.24, 2.45) is 0 Å². The van der Waals surface area contributed by atoms with Gasteiger partial charge in [-0.1, -0.05) is 6.07 Å². The number of halogens is 2. The van der Waals surface area contributed by atoms with E-state index in [1.807, 2.05) is 6.07 Å². The minimum Gasteiger partial charge on any atom is -0.432 e. The maximum Gasteiger partial charge on any atom is 0.410 e. The zero-order valence-electron chi connectivity index (χ0n) is 19.1. The molecule has 1 atom stereocenters. The number of sulfone groups is 2. The predicted molar refractivity (Wildman–Crippen MR) is 124 cm³/mol. The summed E-state index contributed by atoms with van der Waals surface area (Å²) in [5.41, 5.74) is -0.775. The summed E-state index contributed by atoms with van der Waals surface area (Å²) >= 11 is 0. The molecule has 1 saturated carbocycles. The van der Waals surface area contributed by atoms with Crippen LogP contribution in [-0.4, -0.2) is 64.0 Å². The Hall–Kier alpha value is -3.15. The minimum absolute atomic E-state index is 0.0849. The van der Waals surface area contributed by atoms with E-state index in [9.17, 15) is 35.7 Å². The first-order valence-electron chi connectivity index (χ1n) is 10.7. The SMILES string of the molecule is CS(=O)(=O)c1ccc(OC(F)(F)CNC(CS(=O)(=O)Cc2cccnc2)C(=O)NC2(C#N)CC2)cc1. The molecular formula is C22H24F2N4O6S2. The maximum atomic E-state index is 14.5. The van der Waals surface area contributed by atoms with Crippen LogP contribution in [0.3, 0.4) is 0 Å². The smallest absolute Gasteiger partial charge is 0.410 e. The van der Waals surface area contributed by atoms with Gasteiger partial charge in [0, 0.05) is 18.6 Å². The molecule has 14 heteroatoms. The van der Waals surface area contributed by atoms with Gasteiger partial charge in [-0.3, -0.25) is 15.1 Å². The molecule has 1 aromatic heterocycles. The molecule has 2 aromatic rings. The number of carbonyl (C=O) groups is 1. The number of rotatable bonds is 12. The number of hydrogen-bond donors (Lipinski definition) is 2. The highest BCUT2D eigenvalue weighted by molar-refractivity contribution is 7.91. The van der Waals surface area contributed by atoms with Crippen molar-refractivity contribution in [3.63, 3.8) is 0 Å². The van der Waals surface area contributed by atoms with E-state index in [-0.39, 0.29) is 10.6 Å². The van der Waals surface area contributed by atoms with Gasteiger partial charge in [0.25, 0.3) is 0 Å². The molecule has 0 radical (unpaired) electrons. The van der Waals surface area contributed by atoms with E-state index >= 15 is 0 Å². The van der Waals surface area contributed by atoms with Crippen LogP contribution in [0.25, 0.3) is 0 Å². The second kappa shape index (κ2) is 10.5. The van der Waals surface area contributed by atoms with Gasteiger partial charge >= 0.3 is 6.11 Å². The maximum absolute atomic E-state index is 14.5. The highest BCUT2D eigenvalue weighted by atomic mass is 32.2. The Morgan fingerprint density at radius 1 is 1.22 bits per heavy atom. The molecule has 2 N–H and O–H groups in total. The summed E-state index contributed by atoms with van der Waals surface area (Å²) in [7, 11) is -7.49. The van der Waals surface area contributed by atoms with E-state index in [1.165, 1.54) is 24.5 Å². The third-order valence-electron chi connectivity index (χ3n) is 5.25. The van der Waals surface area contributed by atoms with Gasteiger partial charge in [-0.15, -0.1) is 0 Å². The van der Waals surface area contributed by atoms with Crippen LogP contribution >= 0.6 is 0 Å². The van der Waals surface area contributed by atoms with Gasteiger partial charge in [0.05, 0.1) is 22.5 Å². The topological polar surface area (TPSA) is 155 Å². The molecule has 36 heavy (non-hydrogen) atoms. The number of alkyl halides is 2. The number of amides is 1. The van der Waals surface area contributed by atoms with Gasteiger partial charge in [0.15, 0.2) is 19.7 Å². The molecule has 1 heterocycles. The molecule has 1 unspecified atom stereocenters. The van der Waals surface area contributed by atoms with Crippen molar-refractivity contribution in [1.82, 2.24) is 15.6 Å². The highest BCUT2D eigenvalue weighted by Crippen LogP contribution is 2.34. The first-order valence-corrected chi connectivity index (χ1v) is 14.4. The monoisotopic (exact) mass is 542 g/mol. The van der Waals surface area contributed by atoms with E-state index in [1.54, 1.807) is 0 Å². The summed E-state index contributed by atoms with van der Waals surface area (Å²) in [6, 6.07) is 7.71. The van der Waals surface area contributed by atoms with Gasteiger partial charge < -0.3 is 10.1 Å². The third kappa shape index (κ3) is 7.94. The Morgan fingerprint density at radius 3 is 2.42 bits per heavy atom. The lowest BCUT2D eigenvalue weighted by Gasteiger charge is -2.24. The Morgan fingerprint density at radius 2 is 1.89 bits per heavy atom. The molecule has 3 rings (SSSR count). The quantitative estimate of drug-likeness (QED) is 0.402. The molecular weight excluding hydrogens is 518 g/mol. The summed E-state index contributed by atoms with van der Waals surface area (Å²) in [5.74, 6) is -2.51. The Kier molecular flexibility index (Phi) is 7.97. The lowest BCUT2D eigenvalue weighted by molar-refractivity contribution is -0.172. The fourth-order valence-electron chi connectivity index (χ4n) is 3.20. The van der Waals surface area contributed by atoms with Crippen molar-refractivity contribution in [1.29, 1.82) is 5.26 Å². The molecule has 1 aromatic carbocycles. The second-order valence-corrected chi connectivity index (χ2v) is 12.6. The van der Waals surface area contributed by atoms with Gasteiger partial charge in [0.2, 0.25) is 5.91 Å². The van der Waals surface area contributed by atoms with Gasteiger partial charge in [-0.2, -0.15) is 14.0 Å². The van der Waals surface area contributed by atoms with Crippen molar-refractivity contribution in [2.75, 3.05) is 18.6 Å². The molecule has 194 valence electrons. The summed E-state index contributed by atoms with van der Waals surface area (Å²) in [5, 5.41) is 13.9. The number of nitrogens with zero attached hydrogens (tertiary/aromatic N) is 2. The first kappa shape index (κ1) is 27.4.